The molecule has 0 saturated carbocycles. The van der Waals surface area contributed by atoms with Crippen LogP contribution in [0.15, 0.2) is 12.3 Å². The van der Waals surface area contributed by atoms with E-state index in [1.54, 1.807) is 0 Å². The van der Waals surface area contributed by atoms with Crippen LogP contribution in [0, 0.1) is 0 Å². The van der Waals surface area contributed by atoms with Crippen molar-refractivity contribution in [3.63, 3.8) is 0 Å². The van der Waals surface area contributed by atoms with Crippen molar-refractivity contribution >= 4 is 0 Å². The largest absolute Gasteiger partial charge is 0.374 e. The molecular formula is C13H23N3O. The van der Waals surface area contributed by atoms with Gasteiger partial charge in [-0.2, -0.15) is 5.10 Å². The SMILES string of the molecule is CNC(CCc1ccnn1C)C1(C)CCCO1. The molecular weight excluding hydrogens is 214 g/mol. The van der Waals surface area contributed by atoms with Crippen molar-refractivity contribution in [2.75, 3.05) is 13.7 Å². The molecule has 0 radical (unpaired) electrons. The maximum atomic E-state index is 5.91. The molecule has 2 rings (SSSR count). The quantitative estimate of drug-likeness (QED) is 0.843. The standard InChI is InChI=1S/C13H23N3O/c1-13(8-4-10-17-13)12(14-2)6-5-11-7-9-15-16(11)3/h7,9,12,14H,4-6,8,10H2,1-3H3. The van der Waals surface area contributed by atoms with Gasteiger partial charge in [0.25, 0.3) is 0 Å². The lowest BCUT2D eigenvalue weighted by Gasteiger charge is -2.33. The third kappa shape index (κ3) is 2.69. The van der Waals surface area contributed by atoms with Crippen molar-refractivity contribution in [2.24, 2.45) is 7.05 Å². The molecule has 1 aromatic heterocycles. The first-order chi connectivity index (χ1) is 8.15. The van der Waals surface area contributed by atoms with Crippen LogP contribution in [-0.2, 0) is 18.2 Å². The monoisotopic (exact) mass is 237 g/mol. The number of hydrogen-bond donors (Lipinski definition) is 1. The molecule has 0 bridgehead atoms. The van der Waals surface area contributed by atoms with E-state index in [1.165, 1.54) is 12.1 Å². The summed E-state index contributed by atoms with van der Waals surface area (Å²) in [7, 11) is 4.03. The zero-order chi connectivity index (χ0) is 12.3. The third-order valence-corrected chi connectivity index (χ3v) is 3.95. The van der Waals surface area contributed by atoms with Gasteiger partial charge >= 0.3 is 0 Å². The average Bonchev–Trinajstić information content (AvgIpc) is 2.90. The summed E-state index contributed by atoms with van der Waals surface area (Å²) in [6.07, 6.45) is 6.33. The predicted octanol–water partition coefficient (Wildman–Crippen LogP) is 1.51. The molecule has 1 aliphatic rings. The number of rotatable bonds is 5. The second kappa shape index (κ2) is 5.19. The number of nitrogens with one attached hydrogen (secondary N) is 1. The summed E-state index contributed by atoms with van der Waals surface area (Å²) in [6, 6.07) is 2.50. The topological polar surface area (TPSA) is 39.1 Å². The fourth-order valence-electron chi connectivity index (χ4n) is 2.77. The molecule has 4 heteroatoms. The summed E-state index contributed by atoms with van der Waals surface area (Å²) in [5.41, 5.74) is 1.29. The molecule has 4 nitrogen and oxygen atoms in total. The van der Waals surface area contributed by atoms with E-state index in [0.29, 0.717) is 6.04 Å². The highest BCUT2D eigenvalue weighted by atomic mass is 16.5. The summed E-state index contributed by atoms with van der Waals surface area (Å²) in [6.45, 7) is 3.13. The lowest BCUT2D eigenvalue weighted by molar-refractivity contribution is -0.0118. The molecule has 2 atom stereocenters. The van der Waals surface area contributed by atoms with Gasteiger partial charge in [0.15, 0.2) is 0 Å². The smallest absolute Gasteiger partial charge is 0.0807 e. The Hall–Kier alpha value is -0.870. The molecule has 1 aliphatic heterocycles. The Balaban J connectivity index is 1.94. The highest BCUT2D eigenvalue weighted by Crippen LogP contribution is 2.30. The van der Waals surface area contributed by atoms with Gasteiger partial charge in [-0.05, 0) is 45.7 Å². The van der Waals surface area contributed by atoms with Gasteiger partial charge in [0.1, 0.15) is 0 Å². The van der Waals surface area contributed by atoms with Crippen molar-refractivity contribution in [1.29, 1.82) is 0 Å². The first-order valence-electron chi connectivity index (χ1n) is 6.44. The molecule has 1 N–H and O–H groups in total. The van der Waals surface area contributed by atoms with E-state index in [4.69, 9.17) is 4.74 Å². The molecule has 2 heterocycles. The van der Waals surface area contributed by atoms with E-state index in [-0.39, 0.29) is 5.60 Å². The number of aromatic nitrogens is 2. The molecule has 17 heavy (non-hydrogen) atoms. The molecule has 1 aromatic rings. The Labute approximate surface area is 103 Å². The molecule has 0 aliphatic carbocycles. The van der Waals surface area contributed by atoms with E-state index >= 15 is 0 Å². The van der Waals surface area contributed by atoms with Crippen LogP contribution in [0.4, 0.5) is 0 Å². The van der Waals surface area contributed by atoms with Gasteiger partial charge in [-0.15, -0.1) is 0 Å². The molecule has 0 spiro atoms. The molecule has 96 valence electrons. The van der Waals surface area contributed by atoms with Crippen molar-refractivity contribution in [1.82, 2.24) is 15.1 Å². The van der Waals surface area contributed by atoms with E-state index in [1.807, 2.05) is 25.0 Å². The summed E-state index contributed by atoms with van der Waals surface area (Å²) < 4.78 is 7.86. The Bertz CT molecular complexity index is 355. The minimum absolute atomic E-state index is 0.00728. The Morgan fingerprint density at radius 2 is 2.47 bits per heavy atom. The molecule has 2 unspecified atom stereocenters. The molecule has 0 aromatic carbocycles. The normalized spacial score (nSPS) is 26.3. The lowest BCUT2D eigenvalue weighted by atomic mass is 9.89. The fraction of sp³-hybridized carbons (Fsp3) is 0.769. The highest BCUT2D eigenvalue weighted by Gasteiger charge is 2.37. The summed E-state index contributed by atoms with van der Waals surface area (Å²) in [5.74, 6) is 0. The van der Waals surface area contributed by atoms with Crippen LogP contribution in [0.5, 0.6) is 0 Å². The van der Waals surface area contributed by atoms with Crippen molar-refractivity contribution in [2.45, 2.75) is 44.2 Å². The van der Waals surface area contributed by atoms with Crippen molar-refractivity contribution in [3.8, 4) is 0 Å². The Kier molecular flexibility index (Phi) is 3.84. The second-order valence-electron chi connectivity index (χ2n) is 5.09. The highest BCUT2D eigenvalue weighted by molar-refractivity contribution is 5.02. The van der Waals surface area contributed by atoms with E-state index in [9.17, 15) is 0 Å². The van der Waals surface area contributed by atoms with Gasteiger partial charge < -0.3 is 10.1 Å². The fourth-order valence-corrected chi connectivity index (χ4v) is 2.77. The zero-order valence-corrected chi connectivity index (χ0v) is 11.1. The van der Waals surface area contributed by atoms with Gasteiger partial charge in [0, 0.05) is 31.6 Å². The lowest BCUT2D eigenvalue weighted by Crippen LogP contribution is -2.47. The number of hydrogen-bond acceptors (Lipinski definition) is 3. The van der Waals surface area contributed by atoms with Gasteiger partial charge in [-0.3, -0.25) is 4.68 Å². The second-order valence-corrected chi connectivity index (χ2v) is 5.09. The van der Waals surface area contributed by atoms with E-state index in [0.717, 1.165) is 25.9 Å². The number of likely N-dealkylation sites (N-methyl/N-ethyl adjacent to an activating group) is 1. The van der Waals surface area contributed by atoms with Crippen LogP contribution in [-0.4, -0.2) is 35.1 Å². The summed E-state index contributed by atoms with van der Waals surface area (Å²) in [4.78, 5) is 0. The number of nitrogens with zero attached hydrogens (tertiary/aromatic N) is 2. The predicted molar refractivity (Wildman–Crippen MR) is 68.0 cm³/mol. The van der Waals surface area contributed by atoms with Crippen LogP contribution in [0.3, 0.4) is 0 Å². The van der Waals surface area contributed by atoms with Crippen LogP contribution < -0.4 is 5.32 Å². The average molecular weight is 237 g/mol. The third-order valence-electron chi connectivity index (χ3n) is 3.95. The summed E-state index contributed by atoms with van der Waals surface area (Å²) in [5, 5.41) is 7.61. The van der Waals surface area contributed by atoms with Gasteiger partial charge in [0.2, 0.25) is 0 Å². The van der Waals surface area contributed by atoms with Crippen LogP contribution in [0.25, 0.3) is 0 Å². The van der Waals surface area contributed by atoms with Crippen LogP contribution in [0.1, 0.15) is 31.9 Å². The molecule has 0 amide bonds. The summed E-state index contributed by atoms with van der Waals surface area (Å²) >= 11 is 0. The maximum Gasteiger partial charge on any atom is 0.0807 e. The van der Waals surface area contributed by atoms with Crippen LogP contribution >= 0.6 is 0 Å². The Morgan fingerprint density at radius 1 is 1.65 bits per heavy atom. The van der Waals surface area contributed by atoms with Crippen LogP contribution in [0.2, 0.25) is 0 Å². The van der Waals surface area contributed by atoms with Crippen molar-refractivity contribution in [3.05, 3.63) is 18.0 Å². The minimum Gasteiger partial charge on any atom is -0.374 e. The molecule has 1 saturated heterocycles. The zero-order valence-electron chi connectivity index (χ0n) is 11.1. The van der Waals surface area contributed by atoms with Crippen molar-refractivity contribution < 1.29 is 4.74 Å². The number of ether oxygens (including phenoxy) is 1. The van der Waals surface area contributed by atoms with Gasteiger partial charge in [0.05, 0.1) is 5.60 Å². The molecule has 1 fully saturated rings. The van der Waals surface area contributed by atoms with Gasteiger partial charge in [-0.1, -0.05) is 0 Å². The van der Waals surface area contributed by atoms with Gasteiger partial charge in [-0.25, -0.2) is 0 Å². The van der Waals surface area contributed by atoms with E-state index < -0.39 is 0 Å². The Morgan fingerprint density at radius 3 is 3.00 bits per heavy atom. The van der Waals surface area contributed by atoms with E-state index in [2.05, 4.69) is 23.4 Å². The maximum absolute atomic E-state index is 5.91. The first kappa shape index (κ1) is 12.6. The minimum atomic E-state index is 0.00728. The number of aryl methyl sites for hydroxylation is 2. The first-order valence-corrected chi connectivity index (χ1v) is 6.44.